The highest BCUT2D eigenvalue weighted by Crippen LogP contribution is 2.57. The second-order valence-corrected chi connectivity index (χ2v) is 15.5. The molecule has 2 heterocycles. The third kappa shape index (κ3) is 7.24. The molecule has 0 spiro atoms. The van der Waals surface area contributed by atoms with E-state index >= 15 is 0 Å². The Morgan fingerprint density at radius 2 is 1.50 bits per heavy atom. The molecule has 0 bridgehead atoms. The van der Waals surface area contributed by atoms with Crippen molar-refractivity contribution in [3.63, 3.8) is 0 Å². The van der Waals surface area contributed by atoms with Crippen molar-refractivity contribution in [2.24, 2.45) is 0 Å². The first-order chi connectivity index (χ1) is 29.4. The molecule has 12 atom stereocenters. The molecule has 10 unspecified atom stereocenters. The molecule has 2 fully saturated rings. The minimum absolute atomic E-state index is 0.00193. The van der Waals surface area contributed by atoms with Gasteiger partial charge in [0.2, 0.25) is 0 Å². The number of aromatic hydroxyl groups is 1. The molecule has 0 radical (unpaired) electrons. The van der Waals surface area contributed by atoms with Crippen LogP contribution >= 0.6 is 0 Å². The van der Waals surface area contributed by atoms with Crippen molar-refractivity contribution in [1.82, 2.24) is 10.6 Å². The fourth-order valence-electron chi connectivity index (χ4n) is 8.62. The first kappa shape index (κ1) is 44.8. The van der Waals surface area contributed by atoms with Crippen LogP contribution in [0.15, 0.2) is 24.3 Å². The second-order valence-electron chi connectivity index (χ2n) is 15.5. The third-order valence-corrected chi connectivity index (χ3v) is 11.8. The number of phenols is 1. The van der Waals surface area contributed by atoms with E-state index < -0.39 is 108 Å². The average Bonchev–Trinajstić information content (AvgIpc) is 3.24. The van der Waals surface area contributed by atoms with Crippen molar-refractivity contribution in [3.8, 4) is 34.1 Å². The van der Waals surface area contributed by atoms with Crippen molar-refractivity contribution in [2.45, 2.75) is 94.3 Å². The number of amides is 1. The third-order valence-electron chi connectivity index (χ3n) is 11.8. The van der Waals surface area contributed by atoms with Gasteiger partial charge in [0, 0.05) is 28.3 Å². The van der Waals surface area contributed by atoms with Gasteiger partial charge in [0.25, 0.3) is 5.91 Å². The molecule has 7 rings (SSSR count). The maximum atomic E-state index is 14.4. The SMILES string of the molecule is CNC1C(C)OC(O[C@H]2c3cc(C)c(C(=O)NC(C)C(=O)O)c(OC)c3-c3c(cc4c(c3O)C(=O)c3cc(OC)cc(OC)c3C4=O)[C@@H]2O)C(O)C1OC1OCC(O)C(O)C1O. The number of carboxylic acid groups (broad SMARTS) is 1. The van der Waals surface area contributed by atoms with E-state index in [1.807, 2.05) is 0 Å². The van der Waals surface area contributed by atoms with Gasteiger partial charge < -0.3 is 79.5 Å². The zero-order chi connectivity index (χ0) is 45.2. The number of ketones is 2. The fraction of sp³-hybridized carbons (Fsp3) is 0.476. The van der Waals surface area contributed by atoms with Gasteiger partial charge in [0.1, 0.15) is 71.8 Å². The predicted molar refractivity (Wildman–Crippen MR) is 210 cm³/mol. The molecular formula is C42H48N2O18. The molecule has 3 aromatic rings. The second kappa shape index (κ2) is 17.1. The monoisotopic (exact) mass is 868 g/mol. The van der Waals surface area contributed by atoms with Gasteiger partial charge in [-0.15, -0.1) is 0 Å². The van der Waals surface area contributed by atoms with Crippen LogP contribution in [0.25, 0.3) is 11.1 Å². The topological polar surface area (TPSA) is 299 Å². The lowest BCUT2D eigenvalue weighted by Crippen LogP contribution is -2.65. The van der Waals surface area contributed by atoms with E-state index in [1.165, 1.54) is 59.4 Å². The van der Waals surface area contributed by atoms with Gasteiger partial charge >= 0.3 is 5.97 Å². The van der Waals surface area contributed by atoms with E-state index in [0.29, 0.717) is 0 Å². The number of carboxylic acids is 1. The highest BCUT2D eigenvalue weighted by atomic mass is 16.7. The number of aliphatic hydroxyl groups excluding tert-OH is 5. The van der Waals surface area contributed by atoms with Crippen LogP contribution in [0, 0.1) is 6.92 Å². The summed E-state index contributed by atoms with van der Waals surface area (Å²) >= 11 is 0. The molecule has 20 heteroatoms. The summed E-state index contributed by atoms with van der Waals surface area (Å²) in [5.74, 6) is -4.58. The molecule has 2 aliphatic heterocycles. The van der Waals surface area contributed by atoms with Gasteiger partial charge in [0.15, 0.2) is 24.1 Å². The summed E-state index contributed by atoms with van der Waals surface area (Å²) in [4.78, 5) is 54.3. The summed E-state index contributed by atoms with van der Waals surface area (Å²) < 4.78 is 40.7. The number of phenolic OH excluding ortho intramolecular Hbond substituents is 1. The van der Waals surface area contributed by atoms with E-state index in [9.17, 15) is 54.9 Å². The maximum Gasteiger partial charge on any atom is 0.325 e. The number of likely N-dealkylation sites (N-methyl/N-ethyl adjacent to an activating group) is 1. The number of rotatable bonds is 11. The minimum Gasteiger partial charge on any atom is -0.506 e. The lowest BCUT2D eigenvalue weighted by molar-refractivity contribution is -0.339. The molecule has 4 aliphatic rings. The quantitative estimate of drug-likeness (QED) is 0.0958. The summed E-state index contributed by atoms with van der Waals surface area (Å²) in [5, 5.41) is 82.4. The minimum atomic E-state index is -1.81. The number of carbonyl (C=O) groups excluding carboxylic acids is 3. The first-order valence-electron chi connectivity index (χ1n) is 19.6. The number of carbonyl (C=O) groups is 4. The van der Waals surface area contributed by atoms with E-state index in [0.717, 1.165) is 0 Å². The number of methoxy groups -OCH3 is 3. The van der Waals surface area contributed by atoms with Crippen LogP contribution in [-0.4, -0.2) is 155 Å². The van der Waals surface area contributed by atoms with Crippen LogP contribution in [0.4, 0.5) is 0 Å². The number of aryl methyl sites for hydroxylation is 1. The molecule has 2 aliphatic carbocycles. The van der Waals surface area contributed by atoms with E-state index in [-0.39, 0.29) is 73.9 Å². The molecule has 62 heavy (non-hydrogen) atoms. The highest BCUT2D eigenvalue weighted by Gasteiger charge is 2.51. The molecule has 0 saturated carbocycles. The molecule has 2 saturated heterocycles. The Hall–Kier alpha value is -5.26. The standard InChI is InChI=1S/C42H48N2O18/c1-13-8-20-26(37(58-7)23(13)39(53)44-14(2)40(54)55)25-18(11-19-27(33(25)50)30(47)17-9-16(56-5)10-22(57-6)24(17)29(19)46)31(48)36(20)61-42-35(52)38(28(43-4)15(3)60-42)62-41-34(51)32(49)21(45)12-59-41/h8-11,14-15,21,28,31-32,34-36,38,41-43,45,48-52H,12H2,1-7H3,(H,44,53)(H,54,55)/t14?,15?,21?,28?,31-,32?,34?,35?,36-,38?,41?,42?/m0/s1. The largest absolute Gasteiger partial charge is 0.506 e. The predicted octanol–water partition coefficient (Wildman–Crippen LogP) is -0.00568. The van der Waals surface area contributed by atoms with Crippen molar-refractivity contribution in [2.75, 3.05) is 35.0 Å². The summed E-state index contributed by atoms with van der Waals surface area (Å²) in [5.41, 5.74) is -1.43. The fourth-order valence-corrected chi connectivity index (χ4v) is 8.62. The number of nitrogens with one attached hydrogen (secondary N) is 2. The summed E-state index contributed by atoms with van der Waals surface area (Å²) in [6, 6.07) is 3.22. The molecule has 334 valence electrons. The first-order valence-corrected chi connectivity index (χ1v) is 19.6. The average molecular weight is 869 g/mol. The van der Waals surface area contributed by atoms with E-state index in [1.54, 1.807) is 14.0 Å². The summed E-state index contributed by atoms with van der Waals surface area (Å²) in [7, 11) is 5.42. The van der Waals surface area contributed by atoms with Crippen molar-refractivity contribution in [3.05, 3.63) is 68.8 Å². The van der Waals surface area contributed by atoms with Crippen LogP contribution < -0.4 is 24.8 Å². The number of aliphatic hydroxyl groups is 5. The molecule has 20 nitrogen and oxygen atoms in total. The highest BCUT2D eigenvalue weighted by molar-refractivity contribution is 6.31. The number of hydrogen-bond acceptors (Lipinski definition) is 18. The Morgan fingerprint density at radius 1 is 0.823 bits per heavy atom. The van der Waals surface area contributed by atoms with Gasteiger partial charge in [-0.25, -0.2) is 0 Å². The van der Waals surface area contributed by atoms with Crippen LogP contribution in [0.3, 0.4) is 0 Å². The number of aliphatic carboxylic acids is 1. The number of fused-ring (bicyclic) bond motifs is 5. The van der Waals surface area contributed by atoms with Crippen LogP contribution in [0.2, 0.25) is 0 Å². The van der Waals surface area contributed by atoms with E-state index in [2.05, 4.69) is 10.6 Å². The summed E-state index contributed by atoms with van der Waals surface area (Å²) in [6.07, 6.45) is -15.1. The van der Waals surface area contributed by atoms with E-state index in [4.69, 9.17) is 33.2 Å². The molecule has 0 aromatic heterocycles. The van der Waals surface area contributed by atoms with Crippen molar-refractivity contribution < 1.29 is 88.1 Å². The number of benzene rings is 3. The Morgan fingerprint density at radius 3 is 2.13 bits per heavy atom. The zero-order valence-corrected chi connectivity index (χ0v) is 34.6. The molecular weight excluding hydrogens is 820 g/mol. The Kier molecular flexibility index (Phi) is 12.4. The Labute approximate surface area is 353 Å². The normalized spacial score (nSPS) is 29.4. The molecule has 3 aromatic carbocycles. The maximum absolute atomic E-state index is 14.4. The van der Waals surface area contributed by atoms with Gasteiger partial charge in [-0.05, 0) is 56.6 Å². The Bertz CT molecular complexity index is 2320. The van der Waals surface area contributed by atoms with Gasteiger partial charge in [0.05, 0.1) is 56.8 Å². The zero-order valence-electron chi connectivity index (χ0n) is 34.6. The van der Waals surface area contributed by atoms with Gasteiger partial charge in [-0.3, -0.25) is 19.2 Å². The van der Waals surface area contributed by atoms with Crippen LogP contribution in [0.5, 0.6) is 23.0 Å². The number of hydrogen-bond donors (Lipinski definition) is 9. The van der Waals surface area contributed by atoms with Crippen molar-refractivity contribution in [1.29, 1.82) is 0 Å². The van der Waals surface area contributed by atoms with Gasteiger partial charge in [-0.1, -0.05) is 6.07 Å². The van der Waals surface area contributed by atoms with Crippen LogP contribution in [0.1, 0.15) is 84.9 Å². The van der Waals surface area contributed by atoms with Crippen LogP contribution in [-0.2, 0) is 23.7 Å². The van der Waals surface area contributed by atoms with Gasteiger partial charge in [-0.2, -0.15) is 0 Å². The lowest BCUT2D eigenvalue weighted by Gasteiger charge is -2.47. The smallest absolute Gasteiger partial charge is 0.325 e. The van der Waals surface area contributed by atoms with Crippen molar-refractivity contribution >= 4 is 23.4 Å². The molecule has 1 amide bonds. The lowest BCUT2D eigenvalue weighted by atomic mass is 9.74. The Balaban J connectivity index is 1.39. The summed E-state index contributed by atoms with van der Waals surface area (Å²) in [6.45, 7) is 3.99. The number of ether oxygens (including phenoxy) is 7. The molecule has 9 N–H and O–H groups in total.